The van der Waals surface area contributed by atoms with Crippen molar-refractivity contribution < 1.29 is 4.74 Å². The minimum Gasteiger partial charge on any atom is -0.378 e. The molecular formula is C17H27N3OS. The lowest BCUT2D eigenvalue weighted by Gasteiger charge is -2.54. The Morgan fingerprint density at radius 3 is 2.91 bits per heavy atom. The summed E-state index contributed by atoms with van der Waals surface area (Å²) in [6.07, 6.45) is 6.79. The molecule has 5 heteroatoms. The summed E-state index contributed by atoms with van der Waals surface area (Å²) in [5.74, 6) is 0.916. The van der Waals surface area contributed by atoms with Crippen molar-refractivity contribution in [3.63, 3.8) is 0 Å². The summed E-state index contributed by atoms with van der Waals surface area (Å²) in [4.78, 5) is 5.73. The van der Waals surface area contributed by atoms with E-state index in [4.69, 9.17) is 4.74 Å². The second kappa shape index (κ2) is 7.01. The van der Waals surface area contributed by atoms with Gasteiger partial charge in [0, 0.05) is 30.0 Å². The first-order valence-corrected chi connectivity index (χ1v) is 9.27. The van der Waals surface area contributed by atoms with Crippen LogP contribution in [-0.2, 0) is 11.3 Å². The molecule has 2 unspecified atom stereocenters. The number of aliphatic imine (C=N–C) groups is 1. The third kappa shape index (κ3) is 3.01. The molecule has 2 saturated carbocycles. The molecule has 2 aliphatic rings. The maximum absolute atomic E-state index is 5.98. The molecule has 0 aliphatic heterocycles. The molecule has 2 fully saturated rings. The van der Waals surface area contributed by atoms with Gasteiger partial charge in [-0.05, 0) is 37.6 Å². The molecule has 3 rings (SSSR count). The van der Waals surface area contributed by atoms with Gasteiger partial charge in [-0.3, -0.25) is 4.99 Å². The highest BCUT2D eigenvalue weighted by Crippen LogP contribution is 2.54. The summed E-state index contributed by atoms with van der Waals surface area (Å²) in [6, 6.07) is 4.74. The first-order valence-electron chi connectivity index (χ1n) is 8.39. The van der Waals surface area contributed by atoms with Crippen LogP contribution in [0.4, 0.5) is 0 Å². The Balaban J connectivity index is 1.57. The summed E-state index contributed by atoms with van der Waals surface area (Å²) >= 11 is 1.77. The van der Waals surface area contributed by atoms with Crippen molar-refractivity contribution in [2.75, 3.05) is 13.7 Å². The highest BCUT2D eigenvalue weighted by Gasteiger charge is 2.56. The van der Waals surface area contributed by atoms with E-state index < -0.39 is 0 Å². The van der Waals surface area contributed by atoms with E-state index in [1.165, 1.54) is 30.6 Å². The van der Waals surface area contributed by atoms with Gasteiger partial charge in [-0.25, -0.2) is 0 Å². The van der Waals surface area contributed by atoms with E-state index in [1.807, 2.05) is 7.05 Å². The van der Waals surface area contributed by atoms with Gasteiger partial charge < -0.3 is 15.4 Å². The lowest BCUT2D eigenvalue weighted by molar-refractivity contribution is -0.125. The van der Waals surface area contributed by atoms with Gasteiger partial charge in [0.15, 0.2) is 5.96 Å². The number of nitrogens with one attached hydrogen (secondary N) is 2. The third-order valence-electron chi connectivity index (χ3n) is 5.23. The van der Waals surface area contributed by atoms with Crippen LogP contribution in [0.15, 0.2) is 22.5 Å². The lowest BCUT2D eigenvalue weighted by atomic mass is 9.60. The summed E-state index contributed by atoms with van der Waals surface area (Å²) in [5, 5.41) is 9.19. The van der Waals surface area contributed by atoms with Crippen LogP contribution in [-0.4, -0.2) is 31.8 Å². The van der Waals surface area contributed by atoms with Gasteiger partial charge in [-0.2, -0.15) is 0 Å². The number of rotatable bonds is 5. The Bertz CT molecular complexity index is 494. The van der Waals surface area contributed by atoms with Gasteiger partial charge in [-0.1, -0.05) is 18.9 Å². The molecule has 2 N–H and O–H groups in total. The standard InChI is InChI=1S/C17H27N3OS/c1-3-21-15-11-14(17(15)8-4-5-9-17)20-16(18-2)19-12-13-7-6-10-22-13/h6-7,10,14-15H,3-5,8-9,11-12H2,1-2H3,(H2,18,19,20). The fourth-order valence-electron chi connectivity index (χ4n) is 4.03. The van der Waals surface area contributed by atoms with Gasteiger partial charge >= 0.3 is 0 Å². The topological polar surface area (TPSA) is 45.6 Å². The first kappa shape index (κ1) is 15.8. The number of ether oxygens (including phenoxy) is 1. The van der Waals surface area contributed by atoms with Crippen LogP contribution in [0.1, 0.15) is 43.9 Å². The third-order valence-corrected chi connectivity index (χ3v) is 6.11. The SMILES string of the molecule is CCOC1CC(NC(=NC)NCc2cccs2)C12CCCC2. The Labute approximate surface area is 137 Å². The Morgan fingerprint density at radius 2 is 2.27 bits per heavy atom. The van der Waals surface area contributed by atoms with Crippen molar-refractivity contribution in [2.45, 2.75) is 57.7 Å². The van der Waals surface area contributed by atoms with Crippen molar-refractivity contribution in [3.8, 4) is 0 Å². The normalized spacial score (nSPS) is 26.9. The zero-order chi connectivity index (χ0) is 15.4. The highest BCUT2D eigenvalue weighted by atomic mass is 32.1. The Hall–Kier alpha value is -1.07. The number of hydrogen-bond donors (Lipinski definition) is 2. The van der Waals surface area contributed by atoms with E-state index >= 15 is 0 Å². The van der Waals surface area contributed by atoms with Crippen molar-refractivity contribution >= 4 is 17.3 Å². The smallest absolute Gasteiger partial charge is 0.191 e. The van der Waals surface area contributed by atoms with E-state index in [9.17, 15) is 0 Å². The molecular weight excluding hydrogens is 294 g/mol. The Morgan fingerprint density at radius 1 is 1.45 bits per heavy atom. The van der Waals surface area contributed by atoms with Gasteiger partial charge in [0.1, 0.15) is 0 Å². The molecule has 0 saturated heterocycles. The van der Waals surface area contributed by atoms with Gasteiger partial charge in [0.2, 0.25) is 0 Å². The predicted octanol–water partition coefficient (Wildman–Crippen LogP) is 3.15. The molecule has 0 amide bonds. The molecule has 1 heterocycles. The van der Waals surface area contributed by atoms with Gasteiger partial charge in [0.25, 0.3) is 0 Å². The number of guanidine groups is 1. The first-order chi connectivity index (χ1) is 10.8. The van der Waals surface area contributed by atoms with Crippen LogP contribution in [0.3, 0.4) is 0 Å². The largest absolute Gasteiger partial charge is 0.378 e. The number of nitrogens with zero attached hydrogens (tertiary/aromatic N) is 1. The number of hydrogen-bond acceptors (Lipinski definition) is 3. The monoisotopic (exact) mass is 321 g/mol. The molecule has 2 aliphatic carbocycles. The summed E-state index contributed by atoms with van der Waals surface area (Å²) in [6.45, 7) is 3.77. The van der Waals surface area contributed by atoms with E-state index in [0.29, 0.717) is 17.6 Å². The minimum atomic E-state index is 0.344. The lowest BCUT2D eigenvalue weighted by Crippen LogP contribution is -2.65. The summed E-state index contributed by atoms with van der Waals surface area (Å²) in [7, 11) is 1.85. The van der Waals surface area contributed by atoms with E-state index in [-0.39, 0.29) is 0 Å². The van der Waals surface area contributed by atoms with Gasteiger partial charge in [0.05, 0.1) is 12.6 Å². The highest BCUT2D eigenvalue weighted by molar-refractivity contribution is 7.09. The van der Waals surface area contributed by atoms with Crippen LogP contribution in [0.2, 0.25) is 0 Å². The van der Waals surface area contributed by atoms with Gasteiger partial charge in [-0.15, -0.1) is 11.3 Å². The van der Waals surface area contributed by atoms with Crippen molar-refractivity contribution in [1.29, 1.82) is 0 Å². The summed E-state index contributed by atoms with van der Waals surface area (Å²) < 4.78 is 5.98. The van der Waals surface area contributed by atoms with Crippen LogP contribution < -0.4 is 10.6 Å². The minimum absolute atomic E-state index is 0.344. The molecule has 1 aromatic rings. The average Bonchev–Trinajstić information content (AvgIpc) is 3.21. The number of thiophene rings is 1. The molecule has 22 heavy (non-hydrogen) atoms. The van der Waals surface area contributed by atoms with Crippen LogP contribution >= 0.6 is 11.3 Å². The van der Waals surface area contributed by atoms with Crippen molar-refractivity contribution in [3.05, 3.63) is 22.4 Å². The fourth-order valence-corrected chi connectivity index (χ4v) is 4.68. The van der Waals surface area contributed by atoms with Crippen LogP contribution in [0, 0.1) is 5.41 Å². The zero-order valence-corrected chi connectivity index (χ0v) is 14.4. The van der Waals surface area contributed by atoms with E-state index in [2.05, 4.69) is 40.1 Å². The Kier molecular flexibility index (Phi) is 5.03. The maximum Gasteiger partial charge on any atom is 0.191 e. The molecule has 1 spiro atoms. The fraction of sp³-hybridized carbons (Fsp3) is 0.706. The quantitative estimate of drug-likeness (QED) is 0.647. The van der Waals surface area contributed by atoms with Crippen LogP contribution in [0.25, 0.3) is 0 Å². The predicted molar refractivity (Wildman–Crippen MR) is 92.4 cm³/mol. The van der Waals surface area contributed by atoms with Crippen molar-refractivity contribution in [2.24, 2.45) is 10.4 Å². The molecule has 0 aromatic carbocycles. The molecule has 4 nitrogen and oxygen atoms in total. The molecule has 0 radical (unpaired) electrons. The molecule has 0 bridgehead atoms. The molecule has 122 valence electrons. The molecule has 1 aromatic heterocycles. The van der Waals surface area contributed by atoms with Crippen molar-refractivity contribution in [1.82, 2.24) is 10.6 Å². The van der Waals surface area contributed by atoms with E-state index in [0.717, 1.165) is 25.5 Å². The average molecular weight is 321 g/mol. The van der Waals surface area contributed by atoms with Crippen LogP contribution in [0.5, 0.6) is 0 Å². The second-order valence-corrected chi connectivity index (χ2v) is 7.35. The van der Waals surface area contributed by atoms with E-state index in [1.54, 1.807) is 11.3 Å². The molecule has 2 atom stereocenters. The maximum atomic E-state index is 5.98. The second-order valence-electron chi connectivity index (χ2n) is 6.32. The zero-order valence-electron chi connectivity index (χ0n) is 13.6. The summed E-state index contributed by atoms with van der Waals surface area (Å²) in [5.41, 5.74) is 0.344.